The van der Waals surface area contributed by atoms with Gasteiger partial charge < -0.3 is 10.2 Å². The highest BCUT2D eigenvalue weighted by Crippen LogP contribution is 2.23. The third-order valence-electron chi connectivity index (χ3n) is 5.23. The van der Waals surface area contributed by atoms with Gasteiger partial charge in [0, 0.05) is 13.1 Å². The number of likely N-dealkylation sites (N-methyl/N-ethyl adjacent to an activating group) is 1. The van der Waals surface area contributed by atoms with Crippen LogP contribution in [0, 0.1) is 12.7 Å². The average Bonchev–Trinajstić information content (AvgIpc) is 3.58. The van der Waals surface area contributed by atoms with E-state index >= 15 is 0 Å². The van der Waals surface area contributed by atoms with Crippen LogP contribution in [0.15, 0.2) is 52.4 Å². The standard InChI is InChI=1S/C23H23FN4O3S/c1-14-7-10-16(11-18(14)24)28-22(31)17-5-3-4-6-19(17)26-23(28)32-13-21(30)27(2)12-20(29)25-15-8-9-15/h3-7,10-11,15H,8-9,12-13H2,1-2H3,(H,25,29). The summed E-state index contributed by atoms with van der Waals surface area (Å²) in [5.41, 5.74) is 0.953. The second-order valence-corrected chi connectivity index (χ2v) is 8.81. The van der Waals surface area contributed by atoms with Crippen LogP contribution in [-0.2, 0) is 9.59 Å². The molecule has 1 fully saturated rings. The maximum absolute atomic E-state index is 14.2. The van der Waals surface area contributed by atoms with Crippen LogP contribution in [0.3, 0.4) is 0 Å². The van der Waals surface area contributed by atoms with E-state index in [4.69, 9.17) is 0 Å². The molecule has 2 amide bonds. The minimum atomic E-state index is -0.434. The van der Waals surface area contributed by atoms with E-state index in [-0.39, 0.29) is 40.9 Å². The van der Waals surface area contributed by atoms with Gasteiger partial charge in [0.15, 0.2) is 5.16 Å². The van der Waals surface area contributed by atoms with E-state index in [2.05, 4.69) is 10.3 Å². The predicted octanol–water partition coefficient (Wildman–Crippen LogP) is 2.66. The molecule has 0 radical (unpaired) electrons. The first kappa shape index (κ1) is 22.0. The average molecular weight is 455 g/mol. The number of halogens is 1. The number of aromatic nitrogens is 2. The lowest BCUT2D eigenvalue weighted by atomic mass is 10.2. The highest BCUT2D eigenvalue weighted by atomic mass is 32.2. The molecule has 4 rings (SSSR count). The van der Waals surface area contributed by atoms with Crippen molar-refractivity contribution < 1.29 is 14.0 Å². The van der Waals surface area contributed by atoms with Gasteiger partial charge in [0.05, 0.1) is 28.9 Å². The summed E-state index contributed by atoms with van der Waals surface area (Å²) in [6.45, 7) is 1.61. The Kier molecular flexibility index (Phi) is 6.27. The zero-order valence-corrected chi connectivity index (χ0v) is 18.6. The summed E-state index contributed by atoms with van der Waals surface area (Å²) in [5, 5.41) is 3.53. The van der Waals surface area contributed by atoms with Gasteiger partial charge in [-0.05, 0) is 49.6 Å². The third-order valence-corrected chi connectivity index (χ3v) is 6.16. The molecule has 0 saturated heterocycles. The molecule has 1 N–H and O–H groups in total. The zero-order valence-electron chi connectivity index (χ0n) is 17.8. The predicted molar refractivity (Wildman–Crippen MR) is 122 cm³/mol. The van der Waals surface area contributed by atoms with Crippen molar-refractivity contribution in [3.05, 3.63) is 64.2 Å². The normalized spacial score (nSPS) is 13.2. The molecule has 166 valence electrons. The van der Waals surface area contributed by atoms with Crippen LogP contribution in [0.2, 0.25) is 0 Å². The Hall–Kier alpha value is -3.20. The molecule has 9 heteroatoms. The van der Waals surface area contributed by atoms with Gasteiger partial charge in [0.1, 0.15) is 5.82 Å². The first-order valence-electron chi connectivity index (χ1n) is 10.3. The third kappa shape index (κ3) is 4.83. The Labute approximate surface area is 188 Å². The summed E-state index contributed by atoms with van der Waals surface area (Å²) in [6, 6.07) is 11.7. The van der Waals surface area contributed by atoms with Gasteiger partial charge in [0.2, 0.25) is 11.8 Å². The Bertz CT molecular complexity index is 1260. The number of benzene rings is 2. The molecule has 0 bridgehead atoms. The van der Waals surface area contributed by atoms with Crippen LogP contribution >= 0.6 is 11.8 Å². The Morgan fingerprint density at radius 3 is 2.72 bits per heavy atom. The first-order chi connectivity index (χ1) is 15.3. The fourth-order valence-corrected chi connectivity index (χ4v) is 4.15. The number of thioether (sulfide) groups is 1. The van der Waals surface area contributed by atoms with Crippen LogP contribution < -0.4 is 10.9 Å². The Morgan fingerprint density at radius 2 is 2.00 bits per heavy atom. The lowest BCUT2D eigenvalue weighted by molar-refractivity contribution is -0.132. The lowest BCUT2D eigenvalue weighted by Crippen LogP contribution is -2.39. The van der Waals surface area contributed by atoms with Gasteiger partial charge in [-0.2, -0.15) is 0 Å². The summed E-state index contributed by atoms with van der Waals surface area (Å²) >= 11 is 1.08. The van der Waals surface area contributed by atoms with Crippen molar-refractivity contribution in [2.45, 2.75) is 31.0 Å². The van der Waals surface area contributed by atoms with Crippen molar-refractivity contribution in [1.82, 2.24) is 19.8 Å². The second kappa shape index (κ2) is 9.12. The molecule has 1 aromatic heterocycles. The quantitative estimate of drug-likeness (QED) is 0.438. The van der Waals surface area contributed by atoms with E-state index in [1.807, 2.05) is 0 Å². The van der Waals surface area contributed by atoms with Gasteiger partial charge in [-0.15, -0.1) is 0 Å². The minimum absolute atomic E-state index is 0.0215. The molecule has 0 atom stereocenters. The second-order valence-electron chi connectivity index (χ2n) is 7.87. The number of para-hydroxylation sites is 1. The molecule has 3 aromatic rings. The topological polar surface area (TPSA) is 84.3 Å². The minimum Gasteiger partial charge on any atom is -0.352 e. The molecule has 1 aliphatic carbocycles. The number of amides is 2. The number of rotatable bonds is 7. The number of carbonyl (C=O) groups is 2. The number of hydrogen-bond acceptors (Lipinski definition) is 5. The molecule has 0 unspecified atom stereocenters. The monoisotopic (exact) mass is 454 g/mol. The summed E-state index contributed by atoms with van der Waals surface area (Å²) < 4.78 is 15.6. The first-order valence-corrected chi connectivity index (χ1v) is 11.3. The number of nitrogens with zero attached hydrogens (tertiary/aromatic N) is 3. The highest BCUT2D eigenvalue weighted by Gasteiger charge is 2.24. The Morgan fingerprint density at radius 1 is 1.25 bits per heavy atom. The largest absolute Gasteiger partial charge is 0.352 e. The van der Waals surface area contributed by atoms with Gasteiger partial charge >= 0.3 is 0 Å². The van der Waals surface area contributed by atoms with E-state index in [0.717, 1.165) is 24.6 Å². The van der Waals surface area contributed by atoms with E-state index in [1.165, 1.54) is 15.5 Å². The Balaban J connectivity index is 1.60. The molecule has 2 aromatic carbocycles. The molecular formula is C23H23FN4O3S. The smallest absolute Gasteiger partial charge is 0.266 e. The van der Waals surface area contributed by atoms with Crippen molar-refractivity contribution in [2.24, 2.45) is 0 Å². The molecule has 7 nitrogen and oxygen atoms in total. The highest BCUT2D eigenvalue weighted by molar-refractivity contribution is 7.99. The fourth-order valence-electron chi connectivity index (χ4n) is 3.20. The van der Waals surface area contributed by atoms with Crippen molar-refractivity contribution in [3.8, 4) is 5.69 Å². The van der Waals surface area contributed by atoms with E-state index < -0.39 is 5.82 Å². The number of carbonyl (C=O) groups excluding carboxylic acids is 2. The van der Waals surface area contributed by atoms with Crippen LogP contribution in [0.5, 0.6) is 0 Å². The molecular weight excluding hydrogens is 431 g/mol. The fraction of sp³-hybridized carbons (Fsp3) is 0.304. The van der Waals surface area contributed by atoms with Gasteiger partial charge in [-0.25, -0.2) is 9.37 Å². The van der Waals surface area contributed by atoms with Crippen LogP contribution in [0.25, 0.3) is 16.6 Å². The number of nitrogens with one attached hydrogen (secondary N) is 1. The van der Waals surface area contributed by atoms with Crippen LogP contribution in [0.1, 0.15) is 18.4 Å². The maximum atomic E-state index is 14.2. The molecule has 0 aliphatic heterocycles. The van der Waals surface area contributed by atoms with E-state index in [0.29, 0.717) is 22.2 Å². The van der Waals surface area contributed by atoms with E-state index in [9.17, 15) is 18.8 Å². The number of fused-ring (bicyclic) bond motifs is 1. The van der Waals surface area contributed by atoms with Crippen LogP contribution in [0.4, 0.5) is 4.39 Å². The number of hydrogen-bond donors (Lipinski definition) is 1. The van der Waals surface area contributed by atoms with Gasteiger partial charge in [-0.1, -0.05) is 30.0 Å². The van der Waals surface area contributed by atoms with Gasteiger partial charge in [0.25, 0.3) is 5.56 Å². The summed E-state index contributed by atoms with van der Waals surface area (Å²) in [4.78, 5) is 43.7. The summed E-state index contributed by atoms with van der Waals surface area (Å²) in [7, 11) is 1.56. The molecule has 1 aliphatic rings. The van der Waals surface area contributed by atoms with E-state index in [1.54, 1.807) is 50.4 Å². The molecule has 32 heavy (non-hydrogen) atoms. The van der Waals surface area contributed by atoms with Crippen molar-refractivity contribution in [3.63, 3.8) is 0 Å². The number of aryl methyl sites for hydroxylation is 1. The summed E-state index contributed by atoms with van der Waals surface area (Å²) in [6.07, 6.45) is 1.95. The van der Waals surface area contributed by atoms with Crippen molar-refractivity contribution >= 4 is 34.5 Å². The lowest BCUT2D eigenvalue weighted by Gasteiger charge is -2.17. The molecule has 0 spiro atoms. The van der Waals surface area contributed by atoms with Crippen molar-refractivity contribution in [1.29, 1.82) is 0 Å². The van der Waals surface area contributed by atoms with Crippen LogP contribution in [-0.4, -0.2) is 51.7 Å². The SMILES string of the molecule is Cc1ccc(-n2c(SCC(=O)N(C)CC(=O)NC3CC3)nc3ccccc3c2=O)cc1F. The van der Waals surface area contributed by atoms with Gasteiger partial charge in [-0.3, -0.25) is 19.0 Å². The zero-order chi connectivity index (χ0) is 22.8. The summed E-state index contributed by atoms with van der Waals surface area (Å²) in [5.74, 6) is -0.919. The maximum Gasteiger partial charge on any atom is 0.266 e. The van der Waals surface area contributed by atoms with Crippen molar-refractivity contribution in [2.75, 3.05) is 19.3 Å². The molecule has 1 saturated carbocycles. The molecule has 1 heterocycles.